The number of hydrogen-bond donors (Lipinski definition) is 4. The minimum Gasteiger partial charge on any atom is -0.507 e. The Morgan fingerprint density at radius 3 is 1.95 bits per heavy atom. The van der Waals surface area contributed by atoms with E-state index in [1.807, 2.05) is 0 Å². The first-order valence-corrected chi connectivity index (χ1v) is 8.16. The van der Waals surface area contributed by atoms with Crippen LogP contribution in [0.5, 0.6) is 11.5 Å². The average molecular weight is 349 g/mol. The Labute approximate surface area is 123 Å². The maximum absolute atomic E-state index is 11.2. The zero-order valence-electron chi connectivity index (χ0n) is 10.3. The highest BCUT2D eigenvalue weighted by molar-refractivity contribution is 7.86. The van der Waals surface area contributed by atoms with Crippen LogP contribution < -0.4 is 0 Å². The summed E-state index contributed by atoms with van der Waals surface area (Å²) in [5.41, 5.74) is -1.05. The van der Waals surface area contributed by atoms with Gasteiger partial charge in [0.05, 0.1) is 10.3 Å². The third-order valence-corrected chi connectivity index (χ3v) is 4.47. The average Bonchev–Trinajstić information content (AvgIpc) is 2.35. The van der Waals surface area contributed by atoms with E-state index < -0.39 is 52.6 Å². The lowest BCUT2D eigenvalue weighted by molar-refractivity contribution is 0.457. The first-order valence-electron chi connectivity index (χ1n) is 5.28. The molecule has 2 aromatic rings. The molecule has 0 bridgehead atoms. The van der Waals surface area contributed by atoms with Crippen molar-refractivity contribution < 1.29 is 36.2 Å². The van der Waals surface area contributed by atoms with Crippen molar-refractivity contribution in [3.8, 4) is 11.5 Å². The van der Waals surface area contributed by atoms with Crippen LogP contribution in [0.25, 0.3) is 10.8 Å². The monoisotopic (exact) mass is 349 g/mol. The second-order valence-corrected chi connectivity index (χ2v) is 6.97. The second-order valence-electron chi connectivity index (χ2n) is 4.15. The van der Waals surface area contributed by atoms with Crippen LogP contribution >= 0.6 is 0 Å². The fraction of sp³-hybridized carbons (Fsp3) is 0. The van der Waals surface area contributed by atoms with Gasteiger partial charge < -0.3 is 10.2 Å². The molecule has 12 heteroatoms. The molecule has 0 spiro atoms. The fourth-order valence-corrected chi connectivity index (χ4v) is 3.06. The van der Waals surface area contributed by atoms with Gasteiger partial charge in [-0.1, -0.05) is 0 Å². The zero-order valence-corrected chi connectivity index (χ0v) is 12.0. The zero-order chi connectivity index (χ0) is 16.9. The van der Waals surface area contributed by atoms with Gasteiger partial charge in [-0.2, -0.15) is 16.8 Å². The molecule has 0 aliphatic rings. The third kappa shape index (κ3) is 2.59. The van der Waals surface area contributed by atoms with E-state index in [0.717, 1.165) is 6.07 Å². The SMILES string of the molecule is O=Nc1c(S(=O)(=O)O)cc2cc(S(=O)(=O)O)cc(O)c2c1O. The van der Waals surface area contributed by atoms with E-state index in [9.17, 15) is 32.0 Å². The fourth-order valence-electron chi connectivity index (χ4n) is 1.87. The molecule has 118 valence electrons. The molecule has 4 N–H and O–H groups in total. The van der Waals surface area contributed by atoms with Crippen LogP contribution in [-0.2, 0) is 20.2 Å². The molecule has 0 radical (unpaired) electrons. The maximum Gasteiger partial charge on any atom is 0.296 e. The molecule has 2 aromatic carbocycles. The lowest BCUT2D eigenvalue weighted by Crippen LogP contribution is -2.01. The molecule has 0 heterocycles. The smallest absolute Gasteiger partial charge is 0.296 e. The summed E-state index contributed by atoms with van der Waals surface area (Å²) in [5.74, 6) is -1.92. The van der Waals surface area contributed by atoms with Crippen molar-refractivity contribution in [2.75, 3.05) is 0 Å². The van der Waals surface area contributed by atoms with Gasteiger partial charge in [0.2, 0.25) is 0 Å². The quantitative estimate of drug-likeness (QED) is 0.467. The molecular weight excluding hydrogens is 342 g/mol. The van der Waals surface area contributed by atoms with Crippen molar-refractivity contribution >= 4 is 36.7 Å². The summed E-state index contributed by atoms with van der Waals surface area (Å²) in [6.07, 6.45) is 0. The van der Waals surface area contributed by atoms with Crippen LogP contribution in [0.1, 0.15) is 0 Å². The van der Waals surface area contributed by atoms with Crippen LogP contribution in [0.2, 0.25) is 0 Å². The van der Waals surface area contributed by atoms with Crippen molar-refractivity contribution in [1.29, 1.82) is 0 Å². The highest BCUT2D eigenvalue weighted by Gasteiger charge is 2.25. The summed E-state index contributed by atoms with van der Waals surface area (Å²) in [6.45, 7) is 0. The van der Waals surface area contributed by atoms with Crippen LogP contribution in [0.3, 0.4) is 0 Å². The molecule has 0 aromatic heterocycles. The van der Waals surface area contributed by atoms with E-state index in [2.05, 4.69) is 5.18 Å². The Kier molecular flexibility index (Phi) is 3.57. The normalized spacial score (nSPS) is 12.5. The summed E-state index contributed by atoms with van der Waals surface area (Å²) >= 11 is 0. The first-order chi connectivity index (χ1) is 9.96. The first kappa shape index (κ1) is 16.1. The maximum atomic E-state index is 11.2. The largest absolute Gasteiger partial charge is 0.507 e. The van der Waals surface area contributed by atoms with Crippen molar-refractivity contribution in [3.63, 3.8) is 0 Å². The van der Waals surface area contributed by atoms with E-state index in [0.29, 0.717) is 12.1 Å². The van der Waals surface area contributed by atoms with Gasteiger partial charge in [0.1, 0.15) is 10.6 Å². The Hall–Kier alpha value is -2.28. The van der Waals surface area contributed by atoms with Crippen molar-refractivity contribution in [3.05, 3.63) is 23.1 Å². The highest BCUT2D eigenvalue weighted by Crippen LogP contribution is 2.44. The molecule has 0 aliphatic heterocycles. The van der Waals surface area contributed by atoms with Crippen LogP contribution in [0, 0.1) is 4.91 Å². The van der Waals surface area contributed by atoms with Crippen LogP contribution in [-0.4, -0.2) is 36.2 Å². The van der Waals surface area contributed by atoms with Gasteiger partial charge in [-0.25, -0.2) is 0 Å². The summed E-state index contributed by atoms with van der Waals surface area (Å²) in [4.78, 5) is 8.80. The predicted octanol–water partition coefficient (Wildman–Crippen LogP) is 1.14. The molecule has 0 unspecified atom stereocenters. The molecule has 0 saturated heterocycles. The van der Waals surface area contributed by atoms with E-state index in [1.165, 1.54) is 0 Å². The number of nitrogens with zero attached hydrogens (tertiary/aromatic N) is 1. The van der Waals surface area contributed by atoms with Gasteiger partial charge in [-0.15, -0.1) is 4.91 Å². The Bertz CT molecular complexity index is 1010. The van der Waals surface area contributed by atoms with E-state index >= 15 is 0 Å². The predicted molar refractivity (Wildman–Crippen MR) is 72.4 cm³/mol. The Morgan fingerprint density at radius 2 is 1.50 bits per heavy atom. The van der Waals surface area contributed by atoms with Crippen LogP contribution in [0.15, 0.2) is 33.2 Å². The number of aromatic hydroxyl groups is 2. The minimum atomic E-state index is -4.97. The summed E-state index contributed by atoms with van der Waals surface area (Å²) in [7, 11) is -9.70. The molecule has 10 nitrogen and oxygen atoms in total. The summed E-state index contributed by atoms with van der Waals surface area (Å²) < 4.78 is 62.5. The number of rotatable bonds is 3. The molecule has 0 atom stereocenters. The topological polar surface area (TPSA) is 179 Å². The molecule has 0 aliphatic carbocycles. The number of benzene rings is 2. The Balaban J connectivity index is 3.08. The second kappa shape index (κ2) is 4.88. The van der Waals surface area contributed by atoms with Gasteiger partial charge in [-0.3, -0.25) is 9.11 Å². The number of phenolic OH excluding ortho intramolecular Hbond substituents is 2. The van der Waals surface area contributed by atoms with Gasteiger partial charge in [0.25, 0.3) is 20.2 Å². The van der Waals surface area contributed by atoms with E-state index in [4.69, 9.17) is 9.11 Å². The summed E-state index contributed by atoms with van der Waals surface area (Å²) in [6, 6.07) is 1.93. The van der Waals surface area contributed by atoms with Gasteiger partial charge >= 0.3 is 0 Å². The van der Waals surface area contributed by atoms with Gasteiger partial charge in [-0.05, 0) is 22.7 Å². The molecule has 0 saturated carbocycles. The van der Waals surface area contributed by atoms with Crippen molar-refractivity contribution in [1.82, 2.24) is 0 Å². The number of hydrogen-bond acceptors (Lipinski definition) is 8. The molecule has 0 amide bonds. The number of nitroso groups, excluding NO2 is 1. The molecular formula is C10H7NO9S2. The standard InChI is InChI=1S/C10H7NO9S2/c12-6-3-5(21(15,16)17)1-4-2-7(22(18,19)20)9(11-14)10(13)8(4)6/h1-3,12-13H,(H,15,16,17)(H,18,19,20). The number of phenols is 2. The minimum absolute atomic E-state index is 0.370. The summed E-state index contributed by atoms with van der Waals surface area (Å²) in [5, 5.41) is 21.0. The van der Waals surface area contributed by atoms with Gasteiger partial charge in [0, 0.05) is 6.07 Å². The lowest BCUT2D eigenvalue weighted by atomic mass is 10.1. The highest BCUT2D eigenvalue weighted by atomic mass is 32.2. The van der Waals surface area contributed by atoms with Crippen molar-refractivity contribution in [2.24, 2.45) is 5.18 Å². The van der Waals surface area contributed by atoms with Crippen molar-refractivity contribution in [2.45, 2.75) is 9.79 Å². The van der Waals surface area contributed by atoms with Crippen LogP contribution in [0.4, 0.5) is 5.69 Å². The third-order valence-electron chi connectivity index (χ3n) is 2.77. The van der Waals surface area contributed by atoms with E-state index in [-0.39, 0.29) is 5.39 Å². The van der Waals surface area contributed by atoms with Gasteiger partial charge in [0.15, 0.2) is 11.4 Å². The van der Waals surface area contributed by atoms with E-state index in [1.54, 1.807) is 0 Å². The molecule has 0 fully saturated rings. The number of fused-ring (bicyclic) bond motifs is 1. The Morgan fingerprint density at radius 1 is 0.909 bits per heavy atom. The lowest BCUT2D eigenvalue weighted by Gasteiger charge is -2.10. The molecule has 2 rings (SSSR count). The molecule has 22 heavy (non-hydrogen) atoms.